The van der Waals surface area contributed by atoms with Gasteiger partial charge in [-0.25, -0.2) is 8.42 Å². The predicted octanol–water partition coefficient (Wildman–Crippen LogP) is 2.92. The van der Waals surface area contributed by atoms with E-state index in [0.29, 0.717) is 17.7 Å². The van der Waals surface area contributed by atoms with Crippen molar-refractivity contribution in [2.45, 2.75) is 45.6 Å². The molecule has 0 aliphatic carbocycles. The Morgan fingerprint density at radius 2 is 1.85 bits per heavy atom. The number of nitriles is 1. The molecule has 110 valence electrons. The van der Waals surface area contributed by atoms with Gasteiger partial charge < -0.3 is 0 Å². The van der Waals surface area contributed by atoms with Crippen molar-refractivity contribution in [3.8, 4) is 6.07 Å². The van der Waals surface area contributed by atoms with Crippen LogP contribution in [0, 0.1) is 24.2 Å². The Balaban J connectivity index is 3.37. The summed E-state index contributed by atoms with van der Waals surface area (Å²) in [5.41, 5.74) is 1.03. The standard InChI is InChI=1S/C15H22N2O2S/c1-11(2)10-17(12(3)4)20(18,19)15-8-14(9-16)7-6-13(15)5/h6-8,11-12H,10H2,1-5H3. The molecule has 5 heteroatoms. The minimum Gasteiger partial charge on any atom is -0.207 e. The lowest BCUT2D eigenvalue weighted by Gasteiger charge is -2.28. The van der Waals surface area contributed by atoms with Gasteiger partial charge in [0.05, 0.1) is 16.5 Å². The van der Waals surface area contributed by atoms with E-state index in [2.05, 4.69) is 0 Å². The molecule has 0 N–H and O–H groups in total. The maximum Gasteiger partial charge on any atom is 0.243 e. The molecule has 1 aromatic carbocycles. The van der Waals surface area contributed by atoms with Crippen LogP contribution in [-0.2, 0) is 10.0 Å². The Kier molecular flexibility index (Phi) is 5.32. The lowest BCUT2D eigenvalue weighted by Crippen LogP contribution is -2.39. The van der Waals surface area contributed by atoms with Crippen molar-refractivity contribution in [3.63, 3.8) is 0 Å². The van der Waals surface area contributed by atoms with Crippen molar-refractivity contribution < 1.29 is 8.42 Å². The average molecular weight is 294 g/mol. The van der Waals surface area contributed by atoms with Gasteiger partial charge in [-0.1, -0.05) is 19.9 Å². The summed E-state index contributed by atoms with van der Waals surface area (Å²) in [5.74, 6) is 0.242. The smallest absolute Gasteiger partial charge is 0.207 e. The fourth-order valence-electron chi connectivity index (χ4n) is 2.02. The molecule has 0 atom stereocenters. The van der Waals surface area contributed by atoms with Gasteiger partial charge >= 0.3 is 0 Å². The second kappa shape index (κ2) is 6.38. The molecule has 0 heterocycles. The highest BCUT2D eigenvalue weighted by atomic mass is 32.2. The first-order valence-electron chi connectivity index (χ1n) is 6.72. The summed E-state index contributed by atoms with van der Waals surface area (Å²) in [6.45, 7) is 9.93. The molecule has 0 spiro atoms. The lowest BCUT2D eigenvalue weighted by molar-refractivity contribution is 0.318. The first kappa shape index (κ1) is 16.7. The molecule has 0 fully saturated rings. The Morgan fingerprint density at radius 1 is 1.25 bits per heavy atom. The molecule has 0 amide bonds. The van der Waals surface area contributed by atoms with Crippen molar-refractivity contribution in [2.75, 3.05) is 6.54 Å². The lowest BCUT2D eigenvalue weighted by atomic mass is 10.2. The van der Waals surface area contributed by atoms with Crippen molar-refractivity contribution in [1.82, 2.24) is 4.31 Å². The molecule has 0 saturated carbocycles. The first-order valence-corrected chi connectivity index (χ1v) is 8.16. The number of hydrogen-bond donors (Lipinski definition) is 0. The second-order valence-electron chi connectivity index (χ2n) is 5.65. The van der Waals surface area contributed by atoms with Crippen LogP contribution in [0.25, 0.3) is 0 Å². The van der Waals surface area contributed by atoms with Crippen LogP contribution >= 0.6 is 0 Å². The van der Waals surface area contributed by atoms with Crippen molar-refractivity contribution in [1.29, 1.82) is 5.26 Å². The molecule has 0 aliphatic rings. The zero-order valence-corrected chi connectivity index (χ0v) is 13.5. The number of aryl methyl sites for hydroxylation is 1. The monoisotopic (exact) mass is 294 g/mol. The number of nitrogens with zero attached hydrogens (tertiary/aromatic N) is 2. The zero-order valence-electron chi connectivity index (χ0n) is 12.7. The highest BCUT2D eigenvalue weighted by Crippen LogP contribution is 2.23. The van der Waals surface area contributed by atoms with Crippen LogP contribution in [0.4, 0.5) is 0 Å². The second-order valence-corrected chi connectivity index (χ2v) is 7.51. The van der Waals surface area contributed by atoms with E-state index in [1.807, 2.05) is 33.8 Å². The van der Waals surface area contributed by atoms with Gasteiger partial charge in [-0.05, 0) is 44.4 Å². The van der Waals surface area contributed by atoms with E-state index in [1.54, 1.807) is 19.1 Å². The highest BCUT2D eigenvalue weighted by Gasteiger charge is 2.29. The minimum atomic E-state index is -3.58. The molecule has 0 aromatic heterocycles. The first-order chi connectivity index (χ1) is 9.20. The van der Waals surface area contributed by atoms with Crippen LogP contribution in [0.15, 0.2) is 23.1 Å². The zero-order chi connectivity index (χ0) is 15.5. The predicted molar refractivity (Wildman–Crippen MR) is 79.8 cm³/mol. The summed E-state index contributed by atoms with van der Waals surface area (Å²) >= 11 is 0. The molecule has 1 aromatic rings. The van der Waals surface area contributed by atoms with Crippen LogP contribution in [0.2, 0.25) is 0 Å². The molecule has 1 rings (SSSR count). The number of sulfonamides is 1. The van der Waals surface area contributed by atoms with Gasteiger partial charge in [-0.2, -0.15) is 9.57 Å². The van der Waals surface area contributed by atoms with Crippen LogP contribution in [0.3, 0.4) is 0 Å². The molecule has 0 saturated heterocycles. The third kappa shape index (κ3) is 3.59. The van der Waals surface area contributed by atoms with E-state index in [0.717, 1.165) is 0 Å². The minimum absolute atomic E-state index is 0.118. The van der Waals surface area contributed by atoms with Crippen LogP contribution in [0.5, 0.6) is 0 Å². The van der Waals surface area contributed by atoms with E-state index in [1.165, 1.54) is 10.4 Å². The van der Waals surface area contributed by atoms with E-state index >= 15 is 0 Å². The van der Waals surface area contributed by atoms with E-state index < -0.39 is 10.0 Å². The quantitative estimate of drug-likeness (QED) is 0.839. The molecule has 0 radical (unpaired) electrons. The van der Waals surface area contributed by atoms with Gasteiger partial charge in [0.1, 0.15) is 0 Å². The summed E-state index contributed by atoms with van der Waals surface area (Å²) in [7, 11) is -3.58. The van der Waals surface area contributed by atoms with E-state index in [-0.39, 0.29) is 16.9 Å². The average Bonchev–Trinajstić information content (AvgIpc) is 2.35. The van der Waals surface area contributed by atoms with Gasteiger partial charge in [0.25, 0.3) is 0 Å². The molecular weight excluding hydrogens is 272 g/mol. The topological polar surface area (TPSA) is 61.2 Å². The Bertz CT molecular complexity index is 613. The summed E-state index contributed by atoms with van der Waals surface area (Å²) in [6.07, 6.45) is 0. The maximum absolute atomic E-state index is 12.8. The highest BCUT2D eigenvalue weighted by molar-refractivity contribution is 7.89. The molecular formula is C15H22N2O2S. The SMILES string of the molecule is Cc1ccc(C#N)cc1S(=O)(=O)N(CC(C)C)C(C)C. The van der Waals surface area contributed by atoms with E-state index in [4.69, 9.17) is 5.26 Å². The molecule has 4 nitrogen and oxygen atoms in total. The fraction of sp³-hybridized carbons (Fsp3) is 0.533. The molecule has 20 heavy (non-hydrogen) atoms. The third-order valence-corrected chi connectivity index (χ3v) is 5.21. The fourth-order valence-corrected chi connectivity index (χ4v) is 4.07. The van der Waals surface area contributed by atoms with E-state index in [9.17, 15) is 8.42 Å². The van der Waals surface area contributed by atoms with Crippen LogP contribution in [-0.4, -0.2) is 25.3 Å². The van der Waals surface area contributed by atoms with Gasteiger partial charge in [-0.3, -0.25) is 0 Å². The van der Waals surface area contributed by atoms with Crippen molar-refractivity contribution in [2.24, 2.45) is 5.92 Å². The number of hydrogen-bond acceptors (Lipinski definition) is 3. The Morgan fingerprint density at radius 3 is 2.30 bits per heavy atom. The number of rotatable bonds is 5. The van der Waals surface area contributed by atoms with Gasteiger partial charge in [0.15, 0.2) is 0 Å². The Hall–Kier alpha value is -1.38. The van der Waals surface area contributed by atoms with Gasteiger partial charge in [0, 0.05) is 12.6 Å². The summed E-state index contributed by atoms with van der Waals surface area (Å²) in [5, 5.41) is 8.95. The van der Waals surface area contributed by atoms with Crippen molar-refractivity contribution in [3.05, 3.63) is 29.3 Å². The maximum atomic E-state index is 12.8. The molecule has 0 aliphatic heterocycles. The van der Waals surface area contributed by atoms with Crippen molar-refractivity contribution >= 4 is 10.0 Å². The largest absolute Gasteiger partial charge is 0.243 e. The third-order valence-electron chi connectivity index (χ3n) is 3.02. The summed E-state index contributed by atoms with van der Waals surface area (Å²) < 4.78 is 27.1. The Labute approximate surface area is 122 Å². The molecule has 0 unspecified atom stereocenters. The van der Waals surface area contributed by atoms with Crippen LogP contribution < -0.4 is 0 Å². The van der Waals surface area contributed by atoms with Gasteiger partial charge in [0.2, 0.25) is 10.0 Å². The number of benzene rings is 1. The molecule has 0 bridgehead atoms. The summed E-state index contributed by atoms with van der Waals surface area (Å²) in [4.78, 5) is 0.228. The summed E-state index contributed by atoms with van der Waals surface area (Å²) in [6, 6.07) is 6.65. The van der Waals surface area contributed by atoms with Crippen LogP contribution in [0.1, 0.15) is 38.8 Å². The normalized spacial score (nSPS) is 12.2. The van der Waals surface area contributed by atoms with Gasteiger partial charge in [-0.15, -0.1) is 0 Å².